The zero-order chi connectivity index (χ0) is 14.3. The summed E-state index contributed by atoms with van der Waals surface area (Å²) in [4.78, 5) is 11.4. The van der Waals surface area contributed by atoms with Crippen molar-refractivity contribution in [3.8, 4) is 0 Å². The van der Waals surface area contributed by atoms with E-state index in [9.17, 15) is 4.79 Å². The molecule has 0 amide bonds. The van der Waals surface area contributed by atoms with E-state index >= 15 is 0 Å². The van der Waals surface area contributed by atoms with Gasteiger partial charge in [-0.2, -0.15) is 0 Å². The maximum absolute atomic E-state index is 11.4. The van der Waals surface area contributed by atoms with Gasteiger partial charge in [-0.3, -0.25) is 4.79 Å². The second-order valence-corrected chi connectivity index (χ2v) is 5.45. The van der Waals surface area contributed by atoms with Crippen LogP contribution in [0.4, 0.5) is 0 Å². The van der Waals surface area contributed by atoms with Gasteiger partial charge < -0.3 is 10.1 Å². The second-order valence-electron chi connectivity index (χ2n) is 5.45. The summed E-state index contributed by atoms with van der Waals surface area (Å²) in [6, 6.07) is 0.243. The number of carbonyl (C=O) groups excluding carboxylic acids is 1. The van der Waals surface area contributed by atoms with Crippen molar-refractivity contribution in [2.45, 2.75) is 84.1 Å². The number of hydrogen-bond donors (Lipinski definition) is 1. The molecule has 0 heterocycles. The first-order valence-electron chi connectivity index (χ1n) is 8.03. The Morgan fingerprint density at radius 1 is 1.00 bits per heavy atom. The van der Waals surface area contributed by atoms with Crippen LogP contribution in [0.2, 0.25) is 0 Å². The number of carbonyl (C=O) groups is 1. The van der Waals surface area contributed by atoms with Crippen molar-refractivity contribution in [2.24, 2.45) is 0 Å². The summed E-state index contributed by atoms with van der Waals surface area (Å²) in [7, 11) is 1.87. The molecule has 0 fully saturated rings. The van der Waals surface area contributed by atoms with E-state index in [0.29, 0.717) is 13.0 Å². The molecular weight excluding hydrogens is 238 g/mol. The highest BCUT2D eigenvalue weighted by molar-refractivity contribution is 5.69. The van der Waals surface area contributed by atoms with Gasteiger partial charge in [0.05, 0.1) is 0 Å². The van der Waals surface area contributed by atoms with Crippen LogP contribution in [0, 0.1) is 0 Å². The zero-order valence-electron chi connectivity index (χ0n) is 13.2. The van der Waals surface area contributed by atoms with E-state index in [4.69, 9.17) is 4.74 Å². The Balaban J connectivity index is 3.18. The summed E-state index contributed by atoms with van der Waals surface area (Å²) < 4.78 is 5.17. The Bertz CT molecular complexity index is 207. The molecule has 19 heavy (non-hydrogen) atoms. The number of ether oxygens (including phenoxy) is 1. The van der Waals surface area contributed by atoms with Gasteiger partial charge in [0.1, 0.15) is 6.61 Å². The van der Waals surface area contributed by atoms with Gasteiger partial charge in [-0.1, -0.05) is 58.3 Å². The molecule has 0 saturated heterocycles. The van der Waals surface area contributed by atoms with Crippen molar-refractivity contribution in [3.63, 3.8) is 0 Å². The highest BCUT2D eigenvalue weighted by atomic mass is 16.5. The van der Waals surface area contributed by atoms with E-state index in [2.05, 4.69) is 12.2 Å². The summed E-state index contributed by atoms with van der Waals surface area (Å²) in [5, 5.41) is 3.05. The van der Waals surface area contributed by atoms with Crippen LogP contribution in [0.1, 0.15) is 78.1 Å². The lowest BCUT2D eigenvalue weighted by Crippen LogP contribution is -2.28. The Labute approximate surface area is 119 Å². The van der Waals surface area contributed by atoms with E-state index in [-0.39, 0.29) is 12.0 Å². The van der Waals surface area contributed by atoms with E-state index in [1.165, 1.54) is 44.9 Å². The number of esters is 1. The topological polar surface area (TPSA) is 38.3 Å². The lowest BCUT2D eigenvalue weighted by atomic mass is 10.1. The lowest BCUT2D eigenvalue weighted by Gasteiger charge is -2.10. The van der Waals surface area contributed by atoms with Crippen molar-refractivity contribution >= 4 is 5.97 Å². The lowest BCUT2D eigenvalue weighted by molar-refractivity contribution is -0.144. The van der Waals surface area contributed by atoms with Gasteiger partial charge in [0.2, 0.25) is 0 Å². The number of likely N-dealkylation sites (N-methyl/N-ethyl adjacent to an activating group) is 1. The van der Waals surface area contributed by atoms with Crippen LogP contribution >= 0.6 is 0 Å². The molecule has 0 bridgehead atoms. The second kappa shape index (κ2) is 13.9. The van der Waals surface area contributed by atoms with E-state index < -0.39 is 0 Å². The van der Waals surface area contributed by atoms with Crippen molar-refractivity contribution < 1.29 is 9.53 Å². The van der Waals surface area contributed by atoms with Crippen LogP contribution < -0.4 is 5.32 Å². The van der Waals surface area contributed by atoms with E-state index in [0.717, 1.165) is 12.8 Å². The minimum Gasteiger partial charge on any atom is -0.464 e. The first kappa shape index (κ1) is 18.4. The highest BCUT2D eigenvalue weighted by Crippen LogP contribution is 2.10. The van der Waals surface area contributed by atoms with Crippen molar-refractivity contribution in [2.75, 3.05) is 13.7 Å². The summed E-state index contributed by atoms with van der Waals surface area (Å²) in [6.07, 6.45) is 12.1. The Morgan fingerprint density at radius 2 is 1.53 bits per heavy atom. The van der Waals surface area contributed by atoms with Gasteiger partial charge in [-0.15, -0.1) is 0 Å². The summed E-state index contributed by atoms with van der Waals surface area (Å²) >= 11 is 0. The molecule has 0 saturated carbocycles. The summed E-state index contributed by atoms with van der Waals surface area (Å²) in [6.45, 7) is 4.73. The molecule has 3 heteroatoms. The number of unbranched alkanes of at least 4 members (excludes halogenated alkanes) is 8. The molecule has 1 unspecified atom stereocenters. The number of hydrogen-bond acceptors (Lipinski definition) is 3. The minimum absolute atomic E-state index is 0.0509. The third kappa shape index (κ3) is 13.7. The highest BCUT2D eigenvalue weighted by Gasteiger charge is 2.05. The molecule has 3 nitrogen and oxygen atoms in total. The maximum atomic E-state index is 11.4. The van der Waals surface area contributed by atoms with Gasteiger partial charge in [-0.25, -0.2) is 0 Å². The van der Waals surface area contributed by atoms with Gasteiger partial charge in [0, 0.05) is 12.5 Å². The van der Waals surface area contributed by atoms with Crippen molar-refractivity contribution in [3.05, 3.63) is 0 Å². The largest absolute Gasteiger partial charge is 0.464 e. The van der Waals surface area contributed by atoms with Crippen molar-refractivity contribution in [1.29, 1.82) is 0 Å². The molecule has 1 atom stereocenters. The third-order valence-corrected chi connectivity index (χ3v) is 3.47. The predicted molar refractivity (Wildman–Crippen MR) is 81.3 cm³/mol. The van der Waals surface area contributed by atoms with Crippen LogP contribution in [-0.2, 0) is 9.53 Å². The Kier molecular flexibility index (Phi) is 13.4. The summed E-state index contributed by atoms with van der Waals surface area (Å²) in [5.74, 6) is -0.0509. The van der Waals surface area contributed by atoms with Crippen molar-refractivity contribution in [1.82, 2.24) is 5.32 Å². The SMILES string of the molecule is CCCCCCCCCCCC(=O)OCC(C)NC. The van der Waals surface area contributed by atoms with Crippen LogP contribution in [0.15, 0.2) is 0 Å². The van der Waals surface area contributed by atoms with E-state index in [1.807, 2.05) is 14.0 Å². The molecule has 0 aliphatic rings. The van der Waals surface area contributed by atoms with Gasteiger partial charge in [0.15, 0.2) is 0 Å². The summed E-state index contributed by atoms with van der Waals surface area (Å²) in [5.41, 5.74) is 0. The monoisotopic (exact) mass is 271 g/mol. The van der Waals surface area contributed by atoms with Crippen LogP contribution in [0.5, 0.6) is 0 Å². The normalized spacial score (nSPS) is 12.4. The zero-order valence-corrected chi connectivity index (χ0v) is 13.2. The average Bonchev–Trinajstić information content (AvgIpc) is 2.42. The van der Waals surface area contributed by atoms with Gasteiger partial charge in [-0.05, 0) is 20.4 Å². The molecule has 0 aliphatic carbocycles. The smallest absolute Gasteiger partial charge is 0.305 e. The number of rotatable bonds is 13. The first-order valence-corrected chi connectivity index (χ1v) is 8.03. The number of nitrogens with one attached hydrogen (secondary N) is 1. The molecule has 114 valence electrons. The van der Waals surface area contributed by atoms with Crippen LogP contribution in [0.25, 0.3) is 0 Å². The molecule has 0 rings (SSSR count). The predicted octanol–water partition coefficient (Wildman–Crippen LogP) is 4.06. The van der Waals surface area contributed by atoms with Gasteiger partial charge >= 0.3 is 5.97 Å². The molecule has 0 aromatic rings. The fourth-order valence-corrected chi connectivity index (χ4v) is 1.95. The van der Waals surface area contributed by atoms with Crippen LogP contribution in [0.3, 0.4) is 0 Å². The Hall–Kier alpha value is -0.570. The maximum Gasteiger partial charge on any atom is 0.305 e. The fraction of sp³-hybridized carbons (Fsp3) is 0.938. The fourth-order valence-electron chi connectivity index (χ4n) is 1.95. The molecule has 0 spiro atoms. The quantitative estimate of drug-likeness (QED) is 0.405. The molecule has 0 aliphatic heterocycles. The van der Waals surface area contributed by atoms with Gasteiger partial charge in [0.25, 0.3) is 0 Å². The molecule has 0 aromatic heterocycles. The molecule has 0 aromatic carbocycles. The molecular formula is C16H33NO2. The third-order valence-electron chi connectivity index (χ3n) is 3.47. The van der Waals surface area contributed by atoms with Crippen LogP contribution in [-0.4, -0.2) is 25.7 Å². The molecule has 0 radical (unpaired) electrons. The first-order chi connectivity index (χ1) is 9.20. The van der Waals surface area contributed by atoms with E-state index in [1.54, 1.807) is 0 Å². The standard InChI is InChI=1S/C16H33NO2/c1-4-5-6-7-8-9-10-11-12-13-16(18)19-14-15(2)17-3/h15,17H,4-14H2,1-3H3. The molecule has 1 N–H and O–H groups in total. The minimum atomic E-state index is -0.0509. The average molecular weight is 271 g/mol. The Morgan fingerprint density at radius 3 is 2.05 bits per heavy atom.